The summed E-state index contributed by atoms with van der Waals surface area (Å²) in [7, 11) is 0. The number of benzene rings is 2. The van der Waals surface area contributed by atoms with E-state index < -0.39 is 11.6 Å². The molecule has 2 fully saturated rings. The van der Waals surface area contributed by atoms with Crippen molar-refractivity contribution >= 4 is 0 Å². The van der Waals surface area contributed by atoms with E-state index in [9.17, 15) is 0 Å². The smallest absolute Gasteiger partial charge is 0.166 e. The second kappa shape index (κ2) is 14.9. The van der Waals surface area contributed by atoms with E-state index in [0.29, 0.717) is 23.3 Å². The van der Waals surface area contributed by atoms with E-state index in [0.717, 1.165) is 49.7 Å². The highest BCUT2D eigenvalue weighted by Crippen LogP contribution is 2.40. The summed E-state index contributed by atoms with van der Waals surface area (Å²) in [5.41, 5.74) is 1.60. The molecule has 0 aliphatic heterocycles. The Kier molecular flexibility index (Phi) is 11.3. The van der Waals surface area contributed by atoms with Crippen LogP contribution in [0.1, 0.15) is 128 Å². The standard InChI is InChI=1S/C34H48F2O/c1-2-3-6-11-27-15-17-28(18-16-27)31-23-24-32(34(36)33(31)35)29-19-21-30(22-20-29)37-25-10-5-9-14-26-12-7-4-8-13-26/h19-24,26-28H,2-18,25H2,1H3. The average molecular weight is 511 g/mol. The van der Waals surface area contributed by atoms with E-state index in [1.54, 1.807) is 6.07 Å². The van der Waals surface area contributed by atoms with Crippen molar-refractivity contribution in [1.29, 1.82) is 0 Å². The first-order valence-electron chi connectivity index (χ1n) is 15.4. The normalized spacial score (nSPS) is 20.7. The van der Waals surface area contributed by atoms with Gasteiger partial charge in [0.05, 0.1) is 6.61 Å². The highest BCUT2D eigenvalue weighted by molar-refractivity contribution is 5.65. The molecule has 0 spiro atoms. The van der Waals surface area contributed by atoms with Crippen molar-refractivity contribution < 1.29 is 13.5 Å². The molecular weight excluding hydrogens is 462 g/mol. The SMILES string of the molecule is CCCCCC1CCC(c2ccc(-c3ccc(OCCCCCC4CCCCC4)cc3)c(F)c2F)CC1. The number of hydrogen-bond acceptors (Lipinski definition) is 1. The molecule has 0 saturated heterocycles. The van der Waals surface area contributed by atoms with Crippen LogP contribution in [0.5, 0.6) is 5.75 Å². The molecule has 0 bridgehead atoms. The summed E-state index contributed by atoms with van der Waals surface area (Å²) in [6.45, 7) is 2.95. The van der Waals surface area contributed by atoms with Crippen LogP contribution in [0.3, 0.4) is 0 Å². The Morgan fingerprint density at radius 2 is 1.35 bits per heavy atom. The number of hydrogen-bond donors (Lipinski definition) is 0. The molecule has 2 aliphatic rings. The van der Waals surface area contributed by atoms with Gasteiger partial charge in [-0.3, -0.25) is 0 Å². The molecule has 0 amide bonds. The van der Waals surface area contributed by atoms with Crippen molar-refractivity contribution in [2.45, 2.75) is 122 Å². The van der Waals surface area contributed by atoms with Crippen LogP contribution in [-0.4, -0.2) is 6.61 Å². The number of unbranched alkanes of at least 4 members (excludes halogenated alkanes) is 4. The van der Waals surface area contributed by atoms with Gasteiger partial charge in [-0.1, -0.05) is 108 Å². The second-order valence-electron chi connectivity index (χ2n) is 11.8. The monoisotopic (exact) mass is 510 g/mol. The van der Waals surface area contributed by atoms with Gasteiger partial charge >= 0.3 is 0 Å². The maximum absolute atomic E-state index is 15.1. The highest BCUT2D eigenvalue weighted by Gasteiger charge is 2.26. The van der Waals surface area contributed by atoms with Gasteiger partial charge in [-0.2, -0.15) is 0 Å². The van der Waals surface area contributed by atoms with Gasteiger partial charge in [-0.05, 0) is 73.1 Å². The summed E-state index contributed by atoms with van der Waals surface area (Å²) in [6.07, 6.45) is 21.4. The predicted molar refractivity (Wildman–Crippen MR) is 151 cm³/mol. The summed E-state index contributed by atoms with van der Waals surface area (Å²) in [6, 6.07) is 11.0. The molecule has 4 rings (SSSR count). The molecular formula is C34H48F2O. The quantitative estimate of drug-likeness (QED) is 0.243. The topological polar surface area (TPSA) is 9.23 Å². The Bertz CT molecular complexity index is 924. The van der Waals surface area contributed by atoms with Crippen LogP contribution in [0.2, 0.25) is 0 Å². The molecule has 2 aliphatic carbocycles. The Morgan fingerprint density at radius 3 is 2.05 bits per heavy atom. The maximum Gasteiger partial charge on any atom is 0.166 e. The van der Waals surface area contributed by atoms with Crippen molar-refractivity contribution in [1.82, 2.24) is 0 Å². The lowest BCUT2D eigenvalue weighted by atomic mass is 9.76. The van der Waals surface area contributed by atoms with E-state index in [1.165, 1.54) is 77.0 Å². The minimum Gasteiger partial charge on any atom is -0.494 e. The fraction of sp³-hybridized carbons (Fsp3) is 0.647. The van der Waals surface area contributed by atoms with Crippen molar-refractivity contribution in [2.75, 3.05) is 6.61 Å². The molecule has 0 aromatic heterocycles. The van der Waals surface area contributed by atoms with Crippen molar-refractivity contribution in [2.24, 2.45) is 11.8 Å². The fourth-order valence-corrected chi connectivity index (χ4v) is 6.66. The largest absolute Gasteiger partial charge is 0.494 e. The Morgan fingerprint density at radius 1 is 0.676 bits per heavy atom. The third-order valence-electron chi connectivity index (χ3n) is 9.03. The lowest BCUT2D eigenvalue weighted by Crippen LogP contribution is -2.15. The Labute approximate surface area is 224 Å². The number of halogens is 2. The highest BCUT2D eigenvalue weighted by atomic mass is 19.2. The minimum atomic E-state index is -0.714. The molecule has 3 heteroatoms. The van der Waals surface area contributed by atoms with Gasteiger partial charge in [0.25, 0.3) is 0 Å². The van der Waals surface area contributed by atoms with Gasteiger partial charge in [0.2, 0.25) is 0 Å². The molecule has 0 radical (unpaired) electrons. The van der Waals surface area contributed by atoms with E-state index in [2.05, 4.69) is 6.92 Å². The predicted octanol–water partition coefficient (Wildman–Crippen LogP) is 11.0. The third-order valence-corrected chi connectivity index (χ3v) is 9.03. The first kappa shape index (κ1) is 28.1. The molecule has 0 heterocycles. The zero-order chi connectivity index (χ0) is 25.9. The van der Waals surface area contributed by atoms with Crippen molar-refractivity contribution in [3.8, 4) is 16.9 Å². The van der Waals surface area contributed by atoms with E-state index in [1.807, 2.05) is 30.3 Å². The summed E-state index contributed by atoms with van der Waals surface area (Å²) < 4.78 is 36.2. The molecule has 2 aromatic carbocycles. The Balaban J connectivity index is 1.23. The zero-order valence-corrected chi connectivity index (χ0v) is 23.1. The molecule has 0 N–H and O–H groups in total. The average Bonchev–Trinajstić information content (AvgIpc) is 2.94. The van der Waals surface area contributed by atoms with Crippen LogP contribution in [0.25, 0.3) is 11.1 Å². The van der Waals surface area contributed by atoms with Crippen LogP contribution in [0, 0.1) is 23.5 Å². The molecule has 204 valence electrons. The van der Waals surface area contributed by atoms with Gasteiger partial charge in [0.1, 0.15) is 5.75 Å². The second-order valence-corrected chi connectivity index (χ2v) is 11.8. The number of ether oxygens (including phenoxy) is 1. The van der Waals surface area contributed by atoms with Crippen LogP contribution >= 0.6 is 0 Å². The molecule has 1 nitrogen and oxygen atoms in total. The van der Waals surface area contributed by atoms with Gasteiger partial charge in [0.15, 0.2) is 11.6 Å². The van der Waals surface area contributed by atoms with Crippen molar-refractivity contribution in [3.63, 3.8) is 0 Å². The van der Waals surface area contributed by atoms with Crippen LogP contribution in [0.4, 0.5) is 8.78 Å². The molecule has 0 unspecified atom stereocenters. The molecule has 0 atom stereocenters. The zero-order valence-electron chi connectivity index (χ0n) is 23.1. The summed E-state index contributed by atoms with van der Waals surface area (Å²) >= 11 is 0. The van der Waals surface area contributed by atoms with E-state index >= 15 is 8.78 Å². The molecule has 2 saturated carbocycles. The van der Waals surface area contributed by atoms with Gasteiger partial charge in [-0.15, -0.1) is 0 Å². The van der Waals surface area contributed by atoms with Gasteiger partial charge < -0.3 is 4.74 Å². The third kappa shape index (κ3) is 8.29. The first-order chi connectivity index (χ1) is 18.2. The van der Waals surface area contributed by atoms with Gasteiger partial charge in [-0.25, -0.2) is 8.78 Å². The van der Waals surface area contributed by atoms with Gasteiger partial charge in [0, 0.05) is 5.56 Å². The minimum absolute atomic E-state index is 0.143. The molecule has 2 aromatic rings. The van der Waals surface area contributed by atoms with E-state index in [-0.39, 0.29) is 5.92 Å². The van der Waals surface area contributed by atoms with Crippen LogP contribution in [0.15, 0.2) is 36.4 Å². The number of rotatable bonds is 13. The lowest BCUT2D eigenvalue weighted by molar-refractivity contribution is 0.293. The Hall–Kier alpha value is -1.90. The summed E-state index contributed by atoms with van der Waals surface area (Å²) in [5, 5.41) is 0. The molecule has 37 heavy (non-hydrogen) atoms. The first-order valence-corrected chi connectivity index (χ1v) is 15.4. The fourth-order valence-electron chi connectivity index (χ4n) is 6.66. The van der Waals surface area contributed by atoms with Crippen LogP contribution in [-0.2, 0) is 0 Å². The maximum atomic E-state index is 15.1. The van der Waals surface area contributed by atoms with Crippen molar-refractivity contribution in [3.05, 3.63) is 53.6 Å². The summed E-state index contributed by atoms with van der Waals surface area (Å²) in [5.74, 6) is 1.29. The summed E-state index contributed by atoms with van der Waals surface area (Å²) in [4.78, 5) is 0. The van der Waals surface area contributed by atoms with E-state index in [4.69, 9.17) is 4.74 Å². The van der Waals surface area contributed by atoms with Crippen LogP contribution < -0.4 is 4.74 Å². The lowest BCUT2D eigenvalue weighted by Gasteiger charge is -2.29.